The van der Waals surface area contributed by atoms with Crippen LogP contribution < -0.4 is 4.74 Å². The quantitative estimate of drug-likeness (QED) is 0.769. The highest BCUT2D eigenvalue weighted by Gasteiger charge is 2.45. The number of aliphatic hydroxyl groups is 1. The lowest BCUT2D eigenvalue weighted by Crippen LogP contribution is -2.12. The molecule has 82 valence electrons. The predicted molar refractivity (Wildman–Crippen MR) is 56.8 cm³/mol. The lowest BCUT2D eigenvalue weighted by Gasteiger charge is -2.16. The highest BCUT2D eigenvalue weighted by molar-refractivity contribution is 5.40. The molecular weight excluding hydrogens is 192 g/mol. The van der Waals surface area contributed by atoms with Gasteiger partial charge < -0.3 is 14.6 Å². The minimum absolute atomic E-state index is 0.217. The van der Waals surface area contributed by atoms with Crippen molar-refractivity contribution in [3.05, 3.63) is 29.3 Å². The molecule has 3 heteroatoms. The van der Waals surface area contributed by atoms with Gasteiger partial charge in [-0.05, 0) is 43.0 Å². The van der Waals surface area contributed by atoms with Gasteiger partial charge >= 0.3 is 0 Å². The summed E-state index contributed by atoms with van der Waals surface area (Å²) in [5.74, 6) is 0.888. The molecule has 0 unspecified atom stereocenters. The summed E-state index contributed by atoms with van der Waals surface area (Å²) in [5, 5.41) is 8.83. The molecule has 0 atom stereocenters. The maximum atomic E-state index is 8.83. The fourth-order valence-corrected chi connectivity index (χ4v) is 1.92. The van der Waals surface area contributed by atoms with Gasteiger partial charge in [-0.1, -0.05) is 6.07 Å². The molecule has 0 radical (unpaired) electrons. The van der Waals surface area contributed by atoms with Crippen molar-refractivity contribution in [2.24, 2.45) is 0 Å². The fraction of sp³-hybridized carbons (Fsp3) is 0.500. The smallest absolute Gasteiger partial charge is 0.144 e. The summed E-state index contributed by atoms with van der Waals surface area (Å²) in [6.45, 7) is 1.79. The van der Waals surface area contributed by atoms with Crippen LogP contribution in [0.25, 0.3) is 0 Å². The van der Waals surface area contributed by atoms with Crippen LogP contribution in [-0.2, 0) is 10.3 Å². The van der Waals surface area contributed by atoms with Crippen LogP contribution in [0.3, 0.4) is 0 Å². The molecule has 0 amide bonds. The van der Waals surface area contributed by atoms with E-state index < -0.39 is 0 Å². The maximum Gasteiger partial charge on any atom is 0.144 e. The van der Waals surface area contributed by atoms with Gasteiger partial charge in [0.05, 0.1) is 12.7 Å². The first kappa shape index (κ1) is 10.5. The summed E-state index contributed by atoms with van der Waals surface area (Å²) in [6.07, 6.45) is 1.97. The van der Waals surface area contributed by atoms with E-state index in [-0.39, 0.29) is 12.4 Å². The summed E-state index contributed by atoms with van der Waals surface area (Å²) in [6, 6.07) is 6.03. The molecule has 15 heavy (non-hydrogen) atoms. The van der Waals surface area contributed by atoms with Gasteiger partial charge in [0.2, 0.25) is 0 Å². The van der Waals surface area contributed by atoms with Crippen molar-refractivity contribution < 1.29 is 14.6 Å². The molecule has 1 aromatic carbocycles. The van der Waals surface area contributed by atoms with Gasteiger partial charge in [-0.25, -0.2) is 0 Å². The van der Waals surface area contributed by atoms with Crippen LogP contribution in [-0.4, -0.2) is 19.0 Å². The Morgan fingerprint density at radius 1 is 1.40 bits per heavy atom. The van der Waals surface area contributed by atoms with Crippen molar-refractivity contribution in [3.8, 4) is 5.75 Å². The molecule has 0 saturated heterocycles. The number of hydrogen-bond acceptors (Lipinski definition) is 3. The number of hydrogen-bond donors (Lipinski definition) is 1. The van der Waals surface area contributed by atoms with E-state index in [9.17, 15) is 0 Å². The first-order valence-electron chi connectivity index (χ1n) is 5.12. The van der Waals surface area contributed by atoms with Crippen molar-refractivity contribution in [2.45, 2.75) is 25.4 Å². The zero-order valence-electron chi connectivity index (χ0n) is 9.12. The molecule has 3 nitrogen and oxygen atoms in total. The molecule has 1 aromatic rings. The number of benzene rings is 1. The second kappa shape index (κ2) is 3.83. The van der Waals surface area contributed by atoms with E-state index in [1.54, 1.807) is 7.11 Å². The zero-order valence-corrected chi connectivity index (χ0v) is 9.12. The molecule has 1 saturated carbocycles. The van der Waals surface area contributed by atoms with Gasteiger partial charge in [-0.15, -0.1) is 0 Å². The van der Waals surface area contributed by atoms with E-state index in [1.165, 1.54) is 0 Å². The van der Waals surface area contributed by atoms with E-state index in [0.29, 0.717) is 0 Å². The standard InChI is InChI=1S/C12H16O3/c1-9-7-10(3-4-11(9)14-2)12(5-6-12)15-8-13/h3-4,7,13H,5-6,8H2,1-2H3. The Kier molecular flexibility index (Phi) is 2.67. The first-order chi connectivity index (χ1) is 7.22. The van der Waals surface area contributed by atoms with E-state index >= 15 is 0 Å². The minimum Gasteiger partial charge on any atom is -0.496 e. The van der Waals surface area contributed by atoms with Gasteiger partial charge in [0, 0.05) is 0 Å². The normalized spacial score (nSPS) is 17.5. The van der Waals surface area contributed by atoms with Crippen molar-refractivity contribution in [1.29, 1.82) is 0 Å². The van der Waals surface area contributed by atoms with Gasteiger partial charge in [-0.2, -0.15) is 0 Å². The third-order valence-electron chi connectivity index (χ3n) is 2.97. The number of aliphatic hydroxyl groups excluding tert-OH is 1. The van der Waals surface area contributed by atoms with Crippen LogP contribution in [0.1, 0.15) is 24.0 Å². The third kappa shape index (κ3) is 1.85. The predicted octanol–water partition coefficient (Wildman–Crippen LogP) is 1.96. The monoisotopic (exact) mass is 208 g/mol. The van der Waals surface area contributed by atoms with Crippen LogP contribution in [0.15, 0.2) is 18.2 Å². The molecule has 1 aliphatic rings. The number of methoxy groups -OCH3 is 1. The van der Waals surface area contributed by atoms with Gasteiger partial charge in [0.15, 0.2) is 0 Å². The average Bonchev–Trinajstić information content (AvgIpc) is 2.99. The molecule has 1 fully saturated rings. The van der Waals surface area contributed by atoms with Crippen LogP contribution in [0.2, 0.25) is 0 Å². The molecular formula is C12H16O3. The minimum atomic E-state index is -0.230. The Labute approximate surface area is 89.6 Å². The molecule has 0 aromatic heterocycles. The second-order valence-electron chi connectivity index (χ2n) is 3.95. The lowest BCUT2D eigenvalue weighted by molar-refractivity contribution is -0.0675. The Hall–Kier alpha value is -1.06. The van der Waals surface area contributed by atoms with Crippen molar-refractivity contribution in [2.75, 3.05) is 13.9 Å². The summed E-state index contributed by atoms with van der Waals surface area (Å²) in [7, 11) is 1.67. The number of aryl methyl sites for hydroxylation is 1. The molecule has 1 N–H and O–H groups in total. The first-order valence-corrected chi connectivity index (χ1v) is 5.12. The maximum absolute atomic E-state index is 8.83. The largest absolute Gasteiger partial charge is 0.496 e. The van der Waals surface area contributed by atoms with E-state index in [2.05, 4.69) is 6.07 Å². The van der Waals surface area contributed by atoms with Gasteiger partial charge in [0.25, 0.3) is 0 Å². The summed E-state index contributed by atoms with van der Waals surface area (Å²) in [5.41, 5.74) is 2.00. The third-order valence-corrected chi connectivity index (χ3v) is 2.97. The van der Waals surface area contributed by atoms with Crippen LogP contribution in [0.4, 0.5) is 0 Å². The van der Waals surface area contributed by atoms with E-state index in [1.807, 2.05) is 19.1 Å². The lowest BCUT2D eigenvalue weighted by atomic mass is 10.0. The van der Waals surface area contributed by atoms with Crippen molar-refractivity contribution in [1.82, 2.24) is 0 Å². The van der Waals surface area contributed by atoms with Crippen molar-refractivity contribution in [3.63, 3.8) is 0 Å². The highest BCUT2D eigenvalue weighted by atomic mass is 16.6. The summed E-state index contributed by atoms with van der Waals surface area (Å²) in [4.78, 5) is 0. The molecule has 1 aliphatic carbocycles. The van der Waals surface area contributed by atoms with Crippen LogP contribution in [0.5, 0.6) is 5.75 Å². The Bertz CT molecular complexity index is 356. The fourth-order valence-electron chi connectivity index (χ4n) is 1.92. The molecule has 0 aliphatic heterocycles. The average molecular weight is 208 g/mol. The molecule has 0 heterocycles. The molecule has 0 spiro atoms. The van der Waals surface area contributed by atoms with Crippen molar-refractivity contribution >= 4 is 0 Å². The van der Waals surface area contributed by atoms with Gasteiger partial charge in [0.1, 0.15) is 12.5 Å². The van der Waals surface area contributed by atoms with Crippen LogP contribution >= 0.6 is 0 Å². The second-order valence-corrected chi connectivity index (χ2v) is 3.95. The van der Waals surface area contributed by atoms with Crippen LogP contribution in [0, 0.1) is 6.92 Å². The Morgan fingerprint density at radius 3 is 2.60 bits per heavy atom. The molecule has 0 bridgehead atoms. The summed E-state index contributed by atoms with van der Waals surface area (Å²) < 4.78 is 10.6. The van der Waals surface area contributed by atoms with Gasteiger partial charge in [-0.3, -0.25) is 0 Å². The van der Waals surface area contributed by atoms with E-state index in [4.69, 9.17) is 14.6 Å². The SMILES string of the molecule is COc1ccc(C2(OCO)CC2)cc1C. The summed E-state index contributed by atoms with van der Waals surface area (Å²) >= 11 is 0. The topological polar surface area (TPSA) is 38.7 Å². The number of ether oxygens (including phenoxy) is 2. The zero-order chi connectivity index (χ0) is 10.9. The Morgan fingerprint density at radius 2 is 2.13 bits per heavy atom. The van der Waals surface area contributed by atoms with E-state index in [0.717, 1.165) is 29.7 Å². The highest BCUT2D eigenvalue weighted by Crippen LogP contribution is 2.49. The molecule has 2 rings (SSSR count). The Balaban J connectivity index is 2.26. The number of rotatable bonds is 4.